The molecule has 2 N–H and O–H groups in total. The molecule has 2 aromatic carbocycles. The Hall–Kier alpha value is -5.06. The molecule has 2 aliphatic heterocycles. The van der Waals surface area contributed by atoms with Gasteiger partial charge in [0.05, 0.1) is 23.1 Å². The molecule has 0 spiro atoms. The summed E-state index contributed by atoms with van der Waals surface area (Å²) >= 11 is 16.4. The number of carbonyl (C=O) groups is 2. The lowest BCUT2D eigenvalue weighted by Crippen LogP contribution is -2.45. The van der Waals surface area contributed by atoms with Crippen molar-refractivity contribution in [2.45, 2.75) is 38.1 Å². The molecule has 0 aliphatic carbocycles. The summed E-state index contributed by atoms with van der Waals surface area (Å²) in [4.78, 5) is 37.8. The monoisotopic (exact) mass is 745 g/mol. The van der Waals surface area contributed by atoms with Crippen LogP contribution in [0, 0.1) is 11.5 Å². The van der Waals surface area contributed by atoms with E-state index in [-0.39, 0.29) is 24.3 Å². The van der Waals surface area contributed by atoms with Gasteiger partial charge >= 0.3 is 0 Å². The molecular formula is C35H37Cl2N11O2S. The molecule has 0 saturated carbocycles. The summed E-state index contributed by atoms with van der Waals surface area (Å²) in [5.74, 6) is 1.22. The number of halogens is 2. The number of hydrogen-bond donors (Lipinski definition) is 2. The third-order valence-electron chi connectivity index (χ3n) is 8.42. The van der Waals surface area contributed by atoms with Gasteiger partial charge in [0.25, 0.3) is 0 Å². The van der Waals surface area contributed by atoms with Crippen molar-refractivity contribution in [3.63, 3.8) is 0 Å². The number of isothiocyanates is 1. The summed E-state index contributed by atoms with van der Waals surface area (Å²) in [6.07, 6.45) is 6.06. The highest BCUT2D eigenvalue weighted by Crippen LogP contribution is 2.25. The summed E-state index contributed by atoms with van der Waals surface area (Å²) in [6, 6.07) is 17.8. The van der Waals surface area contributed by atoms with Crippen LogP contribution < -0.4 is 10.6 Å². The van der Waals surface area contributed by atoms with Crippen molar-refractivity contribution in [1.82, 2.24) is 34.7 Å². The molecule has 4 aromatic rings. The smallest absolute Gasteiger partial charge is 0.247 e. The second-order valence-corrected chi connectivity index (χ2v) is 13.0. The number of aromatic nitrogens is 4. The van der Waals surface area contributed by atoms with Crippen molar-refractivity contribution in [2.24, 2.45) is 24.1 Å². The number of hydrogen-bond acceptors (Lipinski definition) is 8. The Morgan fingerprint density at radius 1 is 0.922 bits per heavy atom. The average Bonchev–Trinajstić information content (AvgIpc) is 3.85. The van der Waals surface area contributed by atoms with Gasteiger partial charge in [-0.15, -0.1) is 0 Å². The number of nitrogens with one attached hydrogen (secondary N) is 2. The Labute approximate surface area is 311 Å². The molecule has 6 rings (SSSR count). The lowest BCUT2D eigenvalue weighted by molar-refractivity contribution is -0.140. The van der Waals surface area contributed by atoms with Gasteiger partial charge in [-0.3, -0.25) is 19.6 Å². The van der Waals surface area contributed by atoms with Crippen LogP contribution in [0.4, 0.5) is 11.6 Å². The third kappa shape index (κ3) is 10.0. The second-order valence-electron chi connectivity index (χ2n) is 12.0. The van der Waals surface area contributed by atoms with E-state index >= 15 is 0 Å². The minimum atomic E-state index is -0.684. The van der Waals surface area contributed by atoms with Gasteiger partial charge in [-0.1, -0.05) is 47.5 Å². The van der Waals surface area contributed by atoms with Crippen LogP contribution in [0.3, 0.4) is 0 Å². The van der Waals surface area contributed by atoms with E-state index in [1.807, 2.05) is 66.7 Å². The number of aryl methyl sites for hydroxylation is 2. The standard InChI is InChI=1S/C24H29ClN8O2.C11H8ClN3S/c1-31-21(14-20(30-31)17-7-9-18(25)10-8-17)29-24(27-16-26)28-19-6-2-3-13-33(23(19)35)15-22(34)32-11-4-5-12-32;1-15-11(13-7-16)6-10(14-15)8-2-4-9(12)5-3-8/h7-10,14,19H,2-6,11-13,15H2,1H3,(H2,27,28,29);2-6H,1H3/t19-;/m0./s1. The lowest BCUT2D eigenvalue weighted by Gasteiger charge is -2.25. The summed E-state index contributed by atoms with van der Waals surface area (Å²) in [5.41, 5.74) is 3.44. The molecule has 2 aromatic heterocycles. The number of anilines is 1. The molecule has 264 valence electrons. The summed E-state index contributed by atoms with van der Waals surface area (Å²) in [7, 11) is 3.58. The number of amides is 2. The maximum absolute atomic E-state index is 13.3. The number of benzene rings is 2. The Kier molecular flexibility index (Phi) is 12.9. The first-order valence-electron chi connectivity index (χ1n) is 16.4. The molecule has 1 atom stereocenters. The van der Waals surface area contributed by atoms with E-state index in [9.17, 15) is 14.9 Å². The average molecular weight is 747 g/mol. The summed E-state index contributed by atoms with van der Waals surface area (Å²) < 4.78 is 3.29. The highest BCUT2D eigenvalue weighted by molar-refractivity contribution is 7.78. The first kappa shape index (κ1) is 37.2. The third-order valence-corrected chi connectivity index (χ3v) is 9.01. The SMILES string of the molecule is Cn1nc(-c2ccc(Cl)cc2)cc1N=C=S.Cn1nc(-c2ccc(Cl)cc2)cc1NC(=N[C@H]1CCCCN(CC(=O)N2CCCC2)C1=O)NC#N. The van der Waals surface area contributed by atoms with Gasteiger partial charge in [-0.05, 0) is 68.6 Å². The molecular weight excluding hydrogens is 709 g/mol. The lowest BCUT2D eigenvalue weighted by atomic mass is 10.1. The topological polar surface area (TPSA) is 149 Å². The van der Waals surface area contributed by atoms with Gasteiger partial charge in [0.15, 0.2) is 12.0 Å². The van der Waals surface area contributed by atoms with E-state index in [0.717, 1.165) is 61.3 Å². The van der Waals surface area contributed by atoms with Gasteiger partial charge in [0.2, 0.25) is 17.8 Å². The zero-order chi connectivity index (χ0) is 36.3. The van der Waals surface area contributed by atoms with Gasteiger partial charge < -0.3 is 15.1 Å². The normalized spacial score (nSPS) is 16.0. The Morgan fingerprint density at radius 3 is 2.12 bits per heavy atom. The number of thiocarbonyl (C=S) groups is 1. The number of carbonyl (C=O) groups excluding carboxylic acids is 2. The fourth-order valence-corrected chi connectivity index (χ4v) is 6.08. The summed E-state index contributed by atoms with van der Waals surface area (Å²) in [6.45, 7) is 2.12. The van der Waals surface area contributed by atoms with Gasteiger partial charge in [-0.25, -0.2) is 9.67 Å². The van der Waals surface area contributed by atoms with Crippen LogP contribution in [0.15, 0.2) is 70.6 Å². The van der Waals surface area contributed by atoms with E-state index < -0.39 is 6.04 Å². The van der Waals surface area contributed by atoms with Gasteiger partial charge in [0, 0.05) is 67.0 Å². The number of nitrogens with zero attached hydrogens (tertiary/aromatic N) is 9. The van der Waals surface area contributed by atoms with Crippen LogP contribution in [0.1, 0.15) is 32.1 Å². The van der Waals surface area contributed by atoms with Crippen molar-refractivity contribution in [1.29, 1.82) is 5.26 Å². The molecule has 16 heteroatoms. The number of aliphatic imine (C=N–C) groups is 2. The maximum atomic E-state index is 13.3. The number of likely N-dealkylation sites (tertiary alicyclic amines) is 2. The zero-order valence-electron chi connectivity index (χ0n) is 28.2. The maximum Gasteiger partial charge on any atom is 0.247 e. The van der Waals surface area contributed by atoms with Crippen molar-refractivity contribution in [3.8, 4) is 28.7 Å². The Balaban J connectivity index is 0.000000262. The highest BCUT2D eigenvalue weighted by atomic mass is 35.5. The van der Waals surface area contributed by atoms with Crippen LogP contribution in [0.5, 0.6) is 0 Å². The quantitative estimate of drug-likeness (QED) is 0.0763. The Bertz CT molecular complexity index is 1960. The molecule has 0 unspecified atom stereocenters. The summed E-state index contributed by atoms with van der Waals surface area (Å²) in [5, 5.41) is 27.4. The predicted octanol–water partition coefficient (Wildman–Crippen LogP) is 6.06. The minimum Gasteiger partial charge on any atom is -0.341 e. The largest absolute Gasteiger partial charge is 0.341 e. The molecule has 2 aliphatic rings. The first-order valence-corrected chi connectivity index (χ1v) is 17.6. The highest BCUT2D eigenvalue weighted by Gasteiger charge is 2.30. The zero-order valence-corrected chi connectivity index (χ0v) is 30.5. The minimum absolute atomic E-state index is 0.0152. The van der Waals surface area contributed by atoms with Crippen LogP contribution in [0.25, 0.3) is 22.5 Å². The Morgan fingerprint density at radius 2 is 1.51 bits per heavy atom. The van der Waals surface area contributed by atoms with Crippen LogP contribution >= 0.6 is 35.4 Å². The van der Waals surface area contributed by atoms with Crippen LogP contribution in [-0.2, 0) is 23.7 Å². The number of nitriles is 1. The molecule has 0 bridgehead atoms. The van der Waals surface area contributed by atoms with Crippen molar-refractivity contribution < 1.29 is 9.59 Å². The van der Waals surface area contributed by atoms with E-state index in [2.05, 4.69) is 48.2 Å². The van der Waals surface area contributed by atoms with Crippen molar-refractivity contribution in [2.75, 3.05) is 31.5 Å². The van der Waals surface area contributed by atoms with Crippen LogP contribution in [-0.4, -0.2) is 84.5 Å². The van der Waals surface area contributed by atoms with Crippen molar-refractivity contribution in [3.05, 3.63) is 70.7 Å². The molecule has 2 saturated heterocycles. The van der Waals surface area contributed by atoms with E-state index in [1.54, 1.807) is 33.4 Å². The van der Waals surface area contributed by atoms with Gasteiger partial charge in [-0.2, -0.15) is 20.5 Å². The van der Waals surface area contributed by atoms with E-state index in [0.29, 0.717) is 34.6 Å². The molecule has 4 heterocycles. The van der Waals surface area contributed by atoms with Gasteiger partial charge in [0.1, 0.15) is 11.9 Å². The molecule has 2 amide bonds. The first-order chi connectivity index (χ1) is 24.6. The predicted molar refractivity (Wildman–Crippen MR) is 202 cm³/mol. The van der Waals surface area contributed by atoms with E-state index in [1.165, 1.54) is 0 Å². The molecule has 13 nitrogen and oxygen atoms in total. The number of rotatable bonds is 7. The number of guanidine groups is 1. The molecule has 0 radical (unpaired) electrons. The fraction of sp³-hybridized carbons (Fsp3) is 0.343. The molecule has 2 fully saturated rings. The van der Waals surface area contributed by atoms with E-state index in [4.69, 9.17) is 23.2 Å². The molecule has 51 heavy (non-hydrogen) atoms. The second kappa shape index (κ2) is 17.7. The van der Waals surface area contributed by atoms with Crippen LogP contribution in [0.2, 0.25) is 10.0 Å². The fourth-order valence-electron chi connectivity index (χ4n) is 5.73. The van der Waals surface area contributed by atoms with Crippen molar-refractivity contribution >= 4 is 70.0 Å².